The number of nitrogens with zero attached hydrogens (tertiary/aromatic N) is 1. The third kappa shape index (κ3) is 3.47. The molecule has 0 saturated carbocycles. The number of rotatable bonds is 8. The van der Waals surface area contributed by atoms with Gasteiger partial charge < -0.3 is 0 Å². The predicted octanol–water partition coefficient (Wildman–Crippen LogP) is 3.99. The molecule has 0 saturated heterocycles. The Bertz CT molecular complexity index is 445. The summed E-state index contributed by atoms with van der Waals surface area (Å²) in [7, 11) is 0. The SMILES string of the molecule is CCN(CC)C(CC)(CC)C(NN)c1cccc(Br)c1F. The van der Waals surface area contributed by atoms with Gasteiger partial charge in [0.2, 0.25) is 0 Å². The first-order valence-corrected chi connectivity index (χ1v) is 8.46. The zero-order chi connectivity index (χ0) is 16.0. The zero-order valence-corrected chi connectivity index (χ0v) is 15.0. The van der Waals surface area contributed by atoms with Crippen molar-refractivity contribution in [3.05, 3.63) is 34.1 Å². The van der Waals surface area contributed by atoms with Gasteiger partial charge >= 0.3 is 0 Å². The van der Waals surface area contributed by atoms with Gasteiger partial charge in [0.15, 0.2) is 0 Å². The van der Waals surface area contributed by atoms with Gasteiger partial charge in [0, 0.05) is 11.1 Å². The van der Waals surface area contributed by atoms with Gasteiger partial charge in [-0.2, -0.15) is 0 Å². The van der Waals surface area contributed by atoms with Crippen LogP contribution in [-0.2, 0) is 0 Å². The molecule has 1 aromatic rings. The first-order valence-electron chi connectivity index (χ1n) is 7.67. The molecule has 0 aliphatic carbocycles. The molecule has 0 fully saturated rings. The van der Waals surface area contributed by atoms with Crippen molar-refractivity contribution in [1.29, 1.82) is 0 Å². The minimum absolute atomic E-state index is 0.208. The molecule has 120 valence electrons. The van der Waals surface area contributed by atoms with Crippen molar-refractivity contribution in [3.63, 3.8) is 0 Å². The van der Waals surface area contributed by atoms with Crippen LogP contribution in [0.2, 0.25) is 0 Å². The molecule has 1 aromatic carbocycles. The van der Waals surface area contributed by atoms with E-state index in [0.717, 1.165) is 25.9 Å². The highest BCUT2D eigenvalue weighted by atomic mass is 79.9. The molecule has 3 nitrogen and oxygen atoms in total. The van der Waals surface area contributed by atoms with Gasteiger partial charge in [-0.3, -0.25) is 16.2 Å². The normalized spacial score (nSPS) is 13.7. The van der Waals surface area contributed by atoms with Crippen LogP contribution in [0.5, 0.6) is 0 Å². The molecule has 0 aliphatic rings. The molecule has 3 N–H and O–H groups in total. The van der Waals surface area contributed by atoms with Crippen LogP contribution in [-0.4, -0.2) is 23.5 Å². The fourth-order valence-corrected chi connectivity index (χ4v) is 3.80. The van der Waals surface area contributed by atoms with Crippen molar-refractivity contribution in [2.75, 3.05) is 13.1 Å². The second-order valence-corrected chi connectivity index (χ2v) is 6.08. The van der Waals surface area contributed by atoms with Crippen LogP contribution in [0, 0.1) is 5.82 Å². The Morgan fingerprint density at radius 3 is 2.24 bits per heavy atom. The maximum absolute atomic E-state index is 14.6. The van der Waals surface area contributed by atoms with Crippen molar-refractivity contribution < 1.29 is 4.39 Å². The summed E-state index contributed by atoms with van der Waals surface area (Å²) in [6.07, 6.45) is 1.79. The summed E-state index contributed by atoms with van der Waals surface area (Å²) in [5.41, 5.74) is 3.28. The van der Waals surface area contributed by atoms with Crippen LogP contribution in [0.4, 0.5) is 4.39 Å². The lowest BCUT2D eigenvalue weighted by Gasteiger charge is -2.48. The van der Waals surface area contributed by atoms with Gasteiger partial charge in [-0.15, -0.1) is 0 Å². The van der Waals surface area contributed by atoms with E-state index < -0.39 is 0 Å². The Hall–Kier alpha value is -0.490. The number of hydrogen-bond donors (Lipinski definition) is 2. The minimum Gasteiger partial charge on any atom is -0.296 e. The molecule has 21 heavy (non-hydrogen) atoms. The van der Waals surface area contributed by atoms with Gasteiger partial charge in [0.25, 0.3) is 0 Å². The van der Waals surface area contributed by atoms with Crippen molar-refractivity contribution in [3.8, 4) is 0 Å². The maximum atomic E-state index is 14.6. The molecular weight excluding hydrogens is 333 g/mol. The summed E-state index contributed by atoms with van der Waals surface area (Å²) >= 11 is 3.27. The van der Waals surface area contributed by atoms with Crippen molar-refractivity contribution in [2.45, 2.75) is 52.1 Å². The molecule has 1 unspecified atom stereocenters. The van der Waals surface area contributed by atoms with Crippen LogP contribution in [0.15, 0.2) is 22.7 Å². The summed E-state index contributed by atoms with van der Waals surface area (Å²) < 4.78 is 15.0. The molecule has 0 bridgehead atoms. The second-order valence-electron chi connectivity index (χ2n) is 5.23. The second kappa shape index (κ2) is 8.22. The van der Waals surface area contributed by atoms with E-state index in [-0.39, 0.29) is 17.4 Å². The number of hydrogen-bond acceptors (Lipinski definition) is 3. The zero-order valence-electron chi connectivity index (χ0n) is 13.4. The van der Waals surface area contributed by atoms with Gasteiger partial charge in [-0.05, 0) is 47.9 Å². The Morgan fingerprint density at radius 1 is 1.24 bits per heavy atom. The lowest BCUT2D eigenvalue weighted by atomic mass is 9.79. The Balaban J connectivity index is 3.41. The molecule has 0 aliphatic heterocycles. The lowest BCUT2D eigenvalue weighted by molar-refractivity contribution is 0.0474. The van der Waals surface area contributed by atoms with Crippen LogP contribution in [0.1, 0.15) is 52.1 Å². The summed E-state index contributed by atoms with van der Waals surface area (Å²) in [5.74, 6) is 5.61. The van der Waals surface area contributed by atoms with E-state index in [1.807, 2.05) is 12.1 Å². The Morgan fingerprint density at radius 2 is 1.81 bits per heavy atom. The number of nitrogens with two attached hydrogens (primary N) is 1. The van der Waals surface area contributed by atoms with Gasteiger partial charge in [0.1, 0.15) is 5.82 Å². The van der Waals surface area contributed by atoms with E-state index in [9.17, 15) is 4.39 Å². The van der Waals surface area contributed by atoms with E-state index in [1.165, 1.54) is 0 Å². The Kier molecular flexibility index (Phi) is 7.27. The molecule has 1 atom stereocenters. The summed E-state index contributed by atoms with van der Waals surface area (Å²) in [4.78, 5) is 2.37. The molecule has 1 rings (SSSR count). The molecule has 0 amide bonds. The van der Waals surface area contributed by atoms with Gasteiger partial charge in [0.05, 0.1) is 10.5 Å². The van der Waals surface area contributed by atoms with E-state index >= 15 is 0 Å². The number of likely N-dealkylation sites (N-methyl/N-ethyl adjacent to an activating group) is 1. The van der Waals surface area contributed by atoms with E-state index in [0.29, 0.717) is 10.0 Å². The number of benzene rings is 1. The summed E-state index contributed by atoms with van der Waals surface area (Å²) in [6, 6.07) is 5.12. The fourth-order valence-electron chi connectivity index (χ4n) is 3.42. The predicted molar refractivity (Wildman–Crippen MR) is 90.4 cm³/mol. The minimum atomic E-state index is -0.259. The largest absolute Gasteiger partial charge is 0.296 e. The van der Waals surface area contributed by atoms with E-state index in [4.69, 9.17) is 5.84 Å². The highest BCUT2D eigenvalue weighted by Gasteiger charge is 2.41. The first-order chi connectivity index (χ1) is 10.0. The number of hydrazine groups is 1. The monoisotopic (exact) mass is 359 g/mol. The quantitative estimate of drug-likeness (QED) is 0.544. The smallest absolute Gasteiger partial charge is 0.142 e. The molecular formula is C16H27BrFN3. The topological polar surface area (TPSA) is 41.3 Å². The van der Waals surface area contributed by atoms with Crippen LogP contribution in [0.25, 0.3) is 0 Å². The molecule has 0 heterocycles. The molecule has 5 heteroatoms. The van der Waals surface area contributed by atoms with Crippen LogP contribution >= 0.6 is 15.9 Å². The number of nitrogens with one attached hydrogen (secondary N) is 1. The third-order valence-electron chi connectivity index (χ3n) is 4.61. The highest BCUT2D eigenvalue weighted by molar-refractivity contribution is 9.10. The van der Waals surface area contributed by atoms with Crippen molar-refractivity contribution in [1.82, 2.24) is 10.3 Å². The Labute approximate surface area is 136 Å². The molecule has 0 spiro atoms. The fraction of sp³-hybridized carbons (Fsp3) is 0.625. The summed E-state index contributed by atoms with van der Waals surface area (Å²) in [6.45, 7) is 10.4. The lowest BCUT2D eigenvalue weighted by Crippen LogP contribution is -2.57. The van der Waals surface area contributed by atoms with Crippen molar-refractivity contribution in [2.24, 2.45) is 5.84 Å². The first kappa shape index (κ1) is 18.6. The molecule has 0 radical (unpaired) electrons. The van der Waals surface area contributed by atoms with Crippen LogP contribution in [0.3, 0.4) is 0 Å². The van der Waals surface area contributed by atoms with Crippen molar-refractivity contribution >= 4 is 15.9 Å². The van der Waals surface area contributed by atoms with Crippen LogP contribution < -0.4 is 11.3 Å². The van der Waals surface area contributed by atoms with Gasteiger partial charge in [-0.25, -0.2) is 4.39 Å². The molecule has 0 aromatic heterocycles. The highest BCUT2D eigenvalue weighted by Crippen LogP contribution is 2.38. The third-order valence-corrected chi connectivity index (χ3v) is 5.23. The summed E-state index contributed by atoms with van der Waals surface area (Å²) in [5, 5.41) is 0. The van der Waals surface area contributed by atoms with E-state index in [1.54, 1.807) is 6.07 Å². The standard InChI is InChI=1S/C16H27BrFN3/c1-5-16(6-2,21(7-3)8-4)15(20-19)12-10-9-11-13(17)14(12)18/h9-11,15,20H,5-8,19H2,1-4H3. The average molecular weight is 360 g/mol. The number of halogens is 2. The van der Waals surface area contributed by atoms with E-state index in [2.05, 4.69) is 54.0 Å². The van der Waals surface area contributed by atoms with Gasteiger partial charge in [-0.1, -0.05) is 39.8 Å². The average Bonchev–Trinajstić information content (AvgIpc) is 2.51. The maximum Gasteiger partial charge on any atom is 0.142 e.